The molecule has 3 rings (SSSR count). The largest absolute Gasteiger partial charge is 0.298 e. The SMILES string of the molecule is CSc1ccc(C(=O)Nc2nc3ccc(S(C)(=O)=O)cc3s2)cc1. The smallest absolute Gasteiger partial charge is 0.257 e. The standard InChI is InChI=1S/C16H14N2O3S3/c1-22-11-5-3-10(4-6-11)15(19)18-16-17-13-8-7-12(24(2,20)21)9-14(13)23-16/h3-9H,1-2H3,(H,17,18,19). The van der Waals surface area contributed by atoms with Gasteiger partial charge in [0.25, 0.3) is 5.91 Å². The molecule has 1 amide bonds. The van der Waals surface area contributed by atoms with Crippen molar-refractivity contribution in [1.82, 2.24) is 4.98 Å². The van der Waals surface area contributed by atoms with Gasteiger partial charge in [-0.15, -0.1) is 11.8 Å². The zero-order valence-electron chi connectivity index (χ0n) is 12.9. The van der Waals surface area contributed by atoms with Crippen LogP contribution >= 0.6 is 23.1 Å². The summed E-state index contributed by atoms with van der Waals surface area (Å²) >= 11 is 2.85. The summed E-state index contributed by atoms with van der Waals surface area (Å²) in [5, 5.41) is 3.19. The Hall–Kier alpha value is -1.90. The number of nitrogens with one attached hydrogen (secondary N) is 1. The van der Waals surface area contributed by atoms with Gasteiger partial charge in [0, 0.05) is 16.7 Å². The lowest BCUT2D eigenvalue weighted by Crippen LogP contribution is -2.11. The number of nitrogens with zero attached hydrogens (tertiary/aromatic N) is 1. The third kappa shape index (κ3) is 3.61. The molecule has 24 heavy (non-hydrogen) atoms. The van der Waals surface area contributed by atoms with Gasteiger partial charge in [-0.25, -0.2) is 13.4 Å². The van der Waals surface area contributed by atoms with E-state index in [2.05, 4.69) is 10.3 Å². The van der Waals surface area contributed by atoms with E-state index in [-0.39, 0.29) is 10.8 Å². The van der Waals surface area contributed by atoms with E-state index in [0.29, 0.717) is 20.9 Å². The highest BCUT2D eigenvalue weighted by Gasteiger charge is 2.13. The summed E-state index contributed by atoms with van der Waals surface area (Å²) in [6, 6.07) is 12.0. The Kier molecular flexibility index (Phi) is 4.62. The summed E-state index contributed by atoms with van der Waals surface area (Å²) in [6.45, 7) is 0. The molecule has 0 saturated heterocycles. The minimum absolute atomic E-state index is 0.240. The molecule has 1 N–H and O–H groups in total. The number of hydrogen-bond acceptors (Lipinski definition) is 6. The Morgan fingerprint density at radius 3 is 2.50 bits per heavy atom. The number of carbonyl (C=O) groups excluding carboxylic acids is 1. The molecule has 8 heteroatoms. The first-order chi connectivity index (χ1) is 11.4. The van der Waals surface area contributed by atoms with Crippen LogP contribution in [0.3, 0.4) is 0 Å². The highest BCUT2D eigenvalue weighted by molar-refractivity contribution is 7.98. The van der Waals surface area contributed by atoms with Gasteiger partial charge >= 0.3 is 0 Å². The molecule has 0 saturated carbocycles. The van der Waals surface area contributed by atoms with Crippen molar-refractivity contribution in [3.63, 3.8) is 0 Å². The molecule has 0 spiro atoms. The first kappa shape index (κ1) is 16.9. The summed E-state index contributed by atoms with van der Waals surface area (Å²) in [4.78, 5) is 17.9. The number of aromatic nitrogens is 1. The number of amides is 1. The molecule has 0 aliphatic carbocycles. The van der Waals surface area contributed by atoms with Gasteiger partial charge in [-0.2, -0.15) is 0 Å². The quantitative estimate of drug-likeness (QED) is 0.701. The zero-order chi connectivity index (χ0) is 17.3. The van der Waals surface area contributed by atoms with E-state index >= 15 is 0 Å². The lowest BCUT2D eigenvalue weighted by atomic mass is 10.2. The monoisotopic (exact) mass is 378 g/mol. The van der Waals surface area contributed by atoms with Crippen molar-refractivity contribution in [3.05, 3.63) is 48.0 Å². The average molecular weight is 379 g/mol. The Bertz CT molecular complexity index is 1010. The molecule has 0 aliphatic heterocycles. The molecule has 1 heterocycles. The van der Waals surface area contributed by atoms with Gasteiger partial charge in [-0.3, -0.25) is 10.1 Å². The maximum absolute atomic E-state index is 12.3. The van der Waals surface area contributed by atoms with E-state index in [1.165, 1.54) is 17.4 Å². The number of sulfone groups is 1. The normalized spacial score (nSPS) is 11.6. The van der Waals surface area contributed by atoms with Crippen LogP contribution in [-0.4, -0.2) is 31.8 Å². The molecule has 0 atom stereocenters. The van der Waals surface area contributed by atoms with Crippen LogP contribution in [0.5, 0.6) is 0 Å². The molecule has 0 aliphatic rings. The third-order valence-electron chi connectivity index (χ3n) is 3.36. The van der Waals surface area contributed by atoms with Crippen molar-refractivity contribution < 1.29 is 13.2 Å². The molecule has 0 radical (unpaired) electrons. The van der Waals surface area contributed by atoms with Crippen LogP contribution in [0.15, 0.2) is 52.3 Å². The summed E-state index contributed by atoms with van der Waals surface area (Å²) in [7, 11) is -3.27. The summed E-state index contributed by atoms with van der Waals surface area (Å²) < 4.78 is 23.9. The van der Waals surface area contributed by atoms with Crippen LogP contribution in [-0.2, 0) is 9.84 Å². The first-order valence-electron chi connectivity index (χ1n) is 6.93. The minimum atomic E-state index is -3.27. The molecular weight excluding hydrogens is 364 g/mol. The van der Waals surface area contributed by atoms with Gasteiger partial charge in [0.2, 0.25) is 0 Å². The Morgan fingerprint density at radius 1 is 1.17 bits per heavy atom. The summed E-state index contributed by atoms with van der Waals surface area (Å²) in [6.07, 6.45) is 3.14. The number of hydrogen-bond donors (Lipinski definition) is 1. The highest BCUT2D eigenvalue weighted by Crippen LogP contribution is 2.28. The van der Waals surface area contributed by atoms with Crippen molar-refractivity contribution in [1.29, 1.82) is 0 Å². The van der Waals surface area contributed by atoms with Gasteiger partial charge < -0.3 is 0 Å². The van der Waals surface area contributed by atoms with E-state index in [9.17, 15) is 13.2 Å². The summed E-state index contributed by atoms with van der Waals surface area (Å²) in [5.41, 5.74) is 1.20. The van der Waals surface area contributed by atoms with Crippen molar-refractivity contribution in [2.45, 2.75) is 9.79 Å². The second-order valence-corrected chi connectivity index (χ2v) is 9.03. The van der Waals surface area contributed by atoms with E-state index in [1.54, 1.807) is 36.0 Å². The number of thiazole rings is 1. The summed E-state index contributed by atoms with van der Waals surface area (Å²) in [5.74, 6) is -0.245. The maximum atomic E-state index is 12.3. The number of benzene rings is 2. The third-order valence-corrected chi connectivity index (χ3v) is 6.15. The molecule has 0 unspecified atom stereocenters. The molecule has 3 aromatic rings. The Labute approximate surface area is 148 Å². The van der Waals surface area contributed by atoms with E-state index in [1.807, 2.05) is 18.4 Å². The van der Waals surface area contributed by atoms with Crippen LogP contribution in [0, 0.1) is 0 Å². The fraction of sp³-hybridized carbons (Fsp3) is 0.125. The van der Waals surface area contributed by atoms with Gasteiger partial charge in [-0.05, 0) is 48.7 Å². The van der Waals surface area contributed by atoms with Crippen molar-refractivity contribution in [3.8, 4) is 0 Å². The van der Waals surface area contributed by atoms with E-state index < -0.39 is 9.84 Å². The zero-order valence-corrected chi connectivity index (χ0v) is 15.4. The van der Waals surface area contributed by atoms with Gasteiger partial charge in [0.1, 0.15) is 0 Å². The second kappa shape index (κ2) is 6.54. The number of anilines is 1. The van der Waals surface area contributed by atoms with Crippen molar-refractivity contribution in [2.24, 2.45) is 0 Å². The maximum Gasteiger partial charge on any atom is 0.257 e. The number of rotatable bonds is 4. The van der Waals surface area contributed by atoms with Crippen molar-refractivity contribution >= 4 is 54.2 Å². The van der Waals surface area contributed by atoms with E-state index in [4.69, 9.17) is 0 Å². The van der Waals surface area contributed by atoms with Crippen molar-refractivity contribution in [2.75, 3.05) is 17.8 Å². The van der Waals surface area contributed by atoms with E-state index in [0.717, 1.165) is 11.2 Å². The van der Waals surface area contributed by atoms with Gasteiger partial charge in [-0.1, -0.05) is 11.3 Å². The topological polar surface area (TPSA) is 76.1 Å². The predicted octanol–water partition coefficient (Wildman–Crippen LogP) is 3.67. The lowest BCUT2D eigenvalue weighted by Gasteiger charge is -2.02. The van der Waals surface area contributed by atoms with Gasteiger partial charge in [0.05, 0.1) is 15.1 Å². The molecular formula is C16H14N2O3S3. The van der Waals surface area contributed by atoms with Crippen LogP contribution in [0.1, 0.15) is 10.4 Å². The Morgan fingerprint density at radius 2 is 1.88 bits per heavy atom. The average Bonchev–Trinajstić information content (AvgIpc) is 2.95. The highest BCUT2D eigenvalue weighted by atomic mass is 32.2. The second-order valence-electron chi connectivity index (χ2n) is 5.10. The molecule has 0 fully saturated rings. The van der Waals surface area contributed by atoms with Crippen LogP contribution in [0.2, 0.25) is 0 Å². The molecule has 2 aromatic carbocycles. The number of fused-ring (bicyclic) bond motifs is 1. The van der Waals surface area contributed by atoms with Crippen LogP contribution in [0.4, 0.5) is 5.13 Å². The fourth-order valence-corrected chi connectivity index (χ4v) is 4.13. The molecule has 5 nitrogen and oxygen atoms in total. The minimum Gasteiger partial charge on any atom is -0.298 e. The number of thioether (sulfide) groups is 1. The number of carbonyl (C=O) groups is 1. The Balaban J connectivity index is 1.85. The molecule has 0 bridgehead atoms. The van der Waals surface area contributed by atoms with Gasteiger partial charge in [0.15, 0.2) is 15.0 Å². The predicted molar refractivity (Wildman–Crippen MR) is 98.9 cm³/mol. The lowest BCUT2D eigenvalue weighted by molar-refractivity contribution is 0.102. The molecule has 1 aromatic heterocycles. The molecule has 124 valence electrons. The fourth-order valence-electron chi connectivity index (χ4n) is 2.10. The first-order valence-corrected chi connectivity index (χ1v) is 10.9. The van der Waals surface area contributed by atoms with Crippen LogP contribution in [0.25, 0.3) is 10.2 Å². The van der Waals surface area contributed by atoms with Crippen LogP contribution < -0.4 is 5.32 Å².